The summed E-state index contributed by atoms with van der Waals surface area (Å²) in [6.07, 6.45) is 3.34. The van der Waals surface area contributed by atoms with Gasteiger partial charge in [-0.3, -0.25) is 13.9 Å². The van der Waals surface area contributed by atoms with E-state index in [1.807, 2.05) is 24.3 Å². The number of tetrazole rings is 1. The van der Waals surface area contributed by atoms with Gasteiger partial charge in [0.05, 0.1) is 19.2 Å². The summed E-state index contributed by atoms with van der Waals surface area (Å²) in [5.41, 5.74) is 0.712. The molecule has 0 amide bonds. The molecule has 0 spiro atoms. The number of hydrogen-bond acceptors (Lipinski definition) is 7. The summed E-state index contributed by atoms with van der Waals surface area (Å²) < 4.78 is 8.04. The second-order valence-electron chi connectivity index (χ2n) is 7.86. The first-order valence-corrected chi connectivity index (χ1v) is 11.4. The summed E-state index contributed by atoms with van der Waals surface area (Å²) in [7, 11) is 1.61. The fourth-order valence-electron chi connectivity index (χ4n) is 3.76. The maximum atomic E-state index is 13.0. The SMILES string of the molecule is CCCCn1c2c(c(=O)n(CCCCn3nnc(-c4ccc(OC)cc4)n3)c1=O)CC(Cl)=N2. The molecule has 3 heterocycles. The van der Waals surface area contributed by atoms with Crippen molar-refractivity contribution in [2.75, 3.05) is 7.11 Å². The molecule has 10 nitrogen and oxygen atoms in total. The average molecular weight is 472 g/mol. The minimum absolute atomic E-state index is 0.277. The third-order valence-corrected chi connectivity index (χ3v) is 5.78. The highest BCUT2D eigenvalue weighted by molar-refractivity contribution is 6.66. The summed E-state index contributed by atoms with van der Waals surface area (Å²) in [6.45, 7) is 3.41. The zero-order chi connectivity index (χ0) is 23.4. The van der Waals surface area contributed by atoms with Crippen molar-refractivity contribution in [3.8, 4) is 17.1 Å². The largest absolute Gasteiger partial charge is 0.497 e. The molecule has 0 bridgehead atoms. The van der Waals surface area contributed by atoms with Crippen molar-refractivity contribution >= 4 is 22.6 Å². The van der Waals surface area contributed by atoms with Crippen LogP contribution in [-0.2, 0) is 26.1 Å². The minimum Gasteiger partial charge on any atom is -0.497 e. The van der Waals surface area contributed by atoms with Gasteiger partial charge in [-0.2, -0.15) is 4.80 Å². The van der Waals surface area contributed by atoms with Crippen molar-refractivity contribution in [1.29, 1.82) is 0 Å². The molecule has 3 aromatic rings. The van der Waals surface area contributed by atoms with Gasteiger partial charge >= 0.3 is 5.69 Å². The van der Waals surface area contributed by atoms with Crippen LogP contribution in [0.4, 0.5) is 5.82 Å². The molecule has 2 aromatic heterocycles. The number of hydrogen-bond donors (Lipinski definition) is 0. The Morgan fingerprint density at radius 1 is 1.03 bits per heavy atom. The Hall–Kier alpha value is -3.27. The van der Waals surface area contributed by atoms with Gasteiger partial charge in [0.1, 0.15) is 16.7 Å². The Bertz CT molecular complexity index is 1270. The maximum absolute atomic E-state index is 13.0. The van der Waals surface area contributed by atoms with Crippen LogP contribution < -0.4 is 16.0 Å². The smallest absolute Gasteiger partial charge is 0.332 e. The highest BCUT2D eigenvalue weighted by Crippen LogP contribution is 2.24. The highest BCUT2D eigenvalue weighted by atomic mass is 35.5. The third-order valence-electron chi connectivity index (χ3n) is 5.57. The predicted octanol–water partition coefficient (Wildman–Crippen LogP) is 2.78. The number of ether oxygens (including phenoxy) is 1. The number of aliphatic imine (C=N–C) groups is 1. The van der Waals surface area contributed by atoms with Gasteiger partial charge < -0.3 is 4.74 Å². The van der Waals surface area contributed by atoms with Crippen LogP contribution in [0.15, 0.2) is 38.8 Å². The molecule has 0 N–H and O–H groups in total. The molecule has 174 valence electrons. The summed E-state index contributed by atoms with van der Waals surface area (Å²) in [5, 5.41) is 12.9. The molecule has 0 atom stereocenters. The standard InChI is InChI=1S/C22H26ClN7O3/c1-3-4-11-28-20-17(14-18(23)24-20)21(31)29(22(28)32)12-5-6-13-30-26-19(25-27-30)15-7-9-16(33-2)10-8-15/h7-10H,3-6,11-14H2,1-2H3. The Balaban J connectivity index is 1.41. The Morgan fingerprint density at radius 3 is 2.48 bits per heavy atom. The van der Waals surface area contributed by atoms with E-state index >= 15 is 0 Å². The first-order chi connectivity index (χ1) is 16.0. The van der Waals surface area contributed by atoms with E-state index in [0.717, 1.165) is 24.2 Å². The number of methoxy groups -OCH3 is 1. The lowest BCUT2D eigenvalue weighted by Crippen LogP contribution is -2.41. The summed E-state index contributed by atoms with van der Waals surface area (Å²) >= 11 is 6.07. The molecule has 4 rings (SSSR count). The molecular weight excluding hydrogens is 446 g/mol. The van der Waals surface area contributed by atoms with Crippen LogP contribution >= 0.6 is 11.6 Å². The Kier molecular flexibility index (Phi) is 7.02. The number of rotatable bonds is 10. The number of halogens is 1. The number of nitrogens with zero attached hydrogens (tertiary/aromatic N) is 7. The molecule has 1 aliphatic rings. The van der Waals surface area contributed by atoms with Crippen molar-refractivity contribution in [3.63, 3.8) is 0 Å². The molecule has 33 heavy (non-hydrogen) atoms. The molecule has 0 fully saturated rings. The zero-order valence-electron chi connectivity index (χ0n) is 18.7. The molecule has 11 heteroatoms. The second kappa shape index (κ2) is 10.1. The summed E-state index contributed by atoms with van der Waals surface area (Å²) in [5.74, 6) is 1.70. The number of fused-ring (bicyclic) bond motifs is 1. The molecule has 0 saturated carbocycles. The van der Waals surface area contributed by atoms with Crippen molar-refractivity contribution < 1.29 is 4.74 Å². The maximum Gasteiger partial charge on any atom is 0.332 e. The van der Waals surface area contributed by atoms with Crippen molar-refractivity contribution in [2.24, 2.45) is 4.99 Å². The number of benzene rings is 1. The van der Waals surface area contributed by atoms with E-state index in [1.165, 1.54) is 9.36 Å². The van der Waals surface area contributed by atoms with Gasteiger partial charge in [0, 0.05) is 25.1 Å². The van der Waals surface area contributed by atoms with Gasteiger partial charge in [0.15, 0.2) is 0 Å². The quantitative estimate of drug-likeness (QED) is 0.420. The molecule has 0 saturated heterocycles. The van der Waals surface area contributed by atoms with E-state index in [9.17, 15) is 9.59 Å². The number of aromatic nitrogens is 6. The lowest BCUT2D eigenvalue weighted by molar-refractivity contribution is 0.415. The van der Waals surface area contributed by atoms with Gasteiger partial charge in [-0.05, 0) is 48.7 Å². The Labute approximate surface area is 195 Å². The molecule has 1 aromatic carbocycles. The van der Waals surface area contributed by atoms with E-state index in [0.29, 0.717) is 54.9 Å². The molecule has 0 unspecified atom stereocenters. The molecule has 1 aliphatic heterocycles. The van der Waals surface area contributed by atoms with Gasteiger partial charge in [0.2, 0.25) is 5.82 Å². The van der Waals surface area contributed by atoms with Crippen LogP contribution in [0.3, 0.4) is 0 Å². The van der Waals surface area contributed by atoms with Crippen LogP contribution in [0.5, 0.6) is 5.75 Å². The lowest BCUT2D eigenvalue weighted by atomic mass is 10.2. The van der Waals surface area contributed by atoms with Crippen LogP contribution in [0.2, 0.25) is 0 Å². The van der Waals surface area contributed by atoms with Gasteiger partial charge in [-0.1, -0.05) is 24.9 Å². The summed E-state index contributed by atoms with van der Waals surface area (Å²) in [4.78, 5) is 31.7. The zero-order valence-corrected chi connectivity index (χ0v) is 19.5. The van der Waals surface area contributed by atoms with Gasteiger partial charge in [-0.15, -0.1) is 10.2 Å². The van der Waals surface area contributed by atoms with E-state index in [1.54, 1.807) is 11.7 Å². The fourth-order valence-corrected chi connectivity index (χ4v) is 3.97. The monoisotopic (exact) mass is 471 g/mol. The van der Waals surface area contributed by atoms with Crippen LogP contribution in [0.1, 0.15) is 38.2 Å². The summed E-state index contributed by atoms with van der Waals surface area (Å²) in [6, 6.07) is 7.44. The first-order valence-electron chi connectivity index (χ1n) is 11.0. The lowest BCUT2D eigenvalue weighted by Gasteiger charge is -2.13. The van der Waals surface area contributed by atoms with E-state index < -0.39 is 0 Å². The fraction of sp³-hybridized carbons (Fsp3) is 0.455. The van der Waals surface area contributed by atoms with Gasteiger partial charge in [-0.25, -0.2) is 9.79 Å². The molecular formula is C22H26ClN7O3. The topological polar surface area (TPSA) is 109 Å². The van der Waals surface area contributed by atoms with Crippen LogP contribution in [-0.4, -0.2) is 41.6 Å². The van der Waals surface area contributed by atoms with Crippen LogP contribution in [0.25, 0.3) is 11.4 Å². The highest BCUT2D eigenvalue weighted by Gasteiger charge is 2.24. The van der Waals surface area contributed by atoms with E-state index in [4.69, 9.17) is 16.3 Å². The van der Waals surface area contributed by atoms with Crippen LogP contribution in [0, 0.1) is 0 Å². The average Bonchev–Trinajstić information content (AvgIpc) is 3.45. The third kappa shape index (κ3) is 4.90. The van der Waals surface area contributed by atoms with E-state index in [-0.39, 0.29) is 17.7 Å². The van der Waals surface area contributed by atoms with Crippen molar-refractivity contribution in [2.45, 2.75) is 58.7 Å². The molecule has 0 radical (unpaired) electrons. The molecule has 0 aliphatic carbocycles. The minimum atomic E-state index is -0.331. The second-order valence-corrected chi connectivity index (χ2v) is 8.29. The van der Waals surface area contributed by atoms with Crippen molar-refractivity contribution in [1.82, 2.24) is 29.3 Å². The normalized spacial score (nSPS) is 12.6. The Morgan fingerprint density at radius 2 is 1.76 bits per heavy atom. The first kappa shape index (κ1) is 22.9. The number of aryl methyl sites for hydroxylation is 1. The number of unbranched alkanes of at least 4 members (excludes halogenated alkanes) is 2. The van der Waals surface area contributed by atoms with Crippen molar-refractivity contribution in [3.05, 3.63) is 50.7 Å². The van der Waals surface area contributed by atoms with Gasteiger partial charge in [0.25, 0.3) is 5.56 Å². The predicted molar refractivity (Wildman–Crippen MR) is 126 cm³/mol. The van der Waals surface area contributed by atoms with E-state index in [2.05, 4.69) is 27.3 Å².